The van der Waals surface area contributed by atoms with Crippen LogP contribution in [0.25, 0.3) is 11.3 Å². The summed E-state index contributed by atoms with van der Waals surface area (Å²) >= 11 is 1.87. The molecule has 0 spiro atoms. The molecule has 3 heterocycles. The highest BCUT2D eigenvalue weighted by Gasteiger charge is 2.19. The van der Waals surface area contributed by atoms with Crippen molar-refractivity contribution in [3.63, 3.8) is 0 Å². The second-order valence-electron chi connectivity index (χ2n) is 6.79. The van der Waals surface area contributed by atoms with Gasteiger partial charge in [-0.1, -0.05) is 24.6 Å². The number of nitrogens with zero attached hydrogens (tertiary/aromatic N) is 2. The van der Waals surface area contributed by atoms with Gasteiger partial charge < -0.3 is 9.26 Å². The summed E-state index contributed by atoms with van der Waals surface area (Å²) in [5.74, 6) is 1.74. The Labute approximate surface area is 158 Å². The molecule has 5 heteroatoms. The predicted octanol–water partition coefficient (Wildman–Crippen LogP) is 4.92. The molecule has 0 fully saturated rings. The number of hydrogen-bond acceptors (Lipinski definition) is 5. The lowest BCUT2D eigenvalue weighted by Gasteiger charge is -2.25. The van der Waals surface area contributed by atoms with E-state index in [0.29, 0.717) is 0 Å². The van der Waals surface area contributed by atoms with Crippen molar-refractivity contribution in [3.8, 4) is 17.0 Å². The Morgan fingerprint density at radius 3 is 3.04 bits per heavy atom. The maximum atomic E-state index is 5.65. The van der Waals surface area contributed by atoms with Crippen LogP contribution in [-0.2, 0) is 25.9 Å². The van der Waals surface area contributed by atoms with Gasteiger partial charge >= 0.3 is 0 Å². The number of hydrogen-bond donors (Lipinski definition) is 0. The first-order chi connectivity index (χ1) is 12.8. The van der Waals surface area contributed by atoms with Crippen molar-refractivity contribution in [1.82, 2.24) is 10.1 Å². The molecule has 0 bridgehead atoms. The first-order valence-corrected chi connectivity index (χ1v) is 10.0. The predicted molar refractivity (Wildman–Crippen MR) is 105 cm³/mol. The quantitative estimate of drug-likeness (QED) is 0.619. The van der Waals surface area contributed by atoms with Gasteiger partial charge in [-0.25, -0.2) is 0 Å². The molecule has 0 saturated carbocycles. The molecule has 1 aromatic carbocycles. The first-order valence-electron chi connectivity index (χ1n) is 9.17. The van der Waals surface area contributed by atoms with Crippen molar-refractivity contribution in [1.29, 1.82) is 0 Å². The third-order valence-electron chi connectivity index (χ3n) is 4.90. The lowest BCUT2D eigenvalue weighted by molar-refractivity contribution is 0.216. The van der Waals surface area contributed by atoms with Gasteiger partial charge in [0.15, 0.2) is 5.76 Å². The van der Waals surface area contributed by atoms with Gasteiger partial charge in [0, 0.05) is 29.6 Å². The molecular weight excluding hydrogens is 344 g/mol. The van der Waals surface area contributed by atoms with E-state index in [9.17, 15) is 0 Å². The van der Waals surface area contributed by atoms with Crippen molar-refractivity contribution in [2.24, 2.45) is 0 Å². The highest BCUT2D eigenvalue weighted by atomic mass is 32.1. The normalized spacial score (nSPS) is 14.4. The van der Waals surface area contributed by atoms with E-state index >= 15 is 0 Å². The van der Waals surface area contributed by atoms with Crippen LogP contribution in [0.1, 0.15) is 35.1 Å². The number of rotatable bonds is 6. The molecule has 0 amide bonds. The van der Waals surface area contributed by atoms with Gasteiger partial charge in [0.2, 0.25) is 0 Å². The second-order valence-corrected chi connectivity index (χ2v) is 7.79. The number of aryl methyl sites for hydroxylation is 1. The van der Waals surface area contributed by atoms with Crippen LogP contribution in [-0.4, -0.2) is 23.7 Å². The lowest BCUT2D eigenvalue weighted by Crippen LogP contribution is -2.28. The molecule has 136 valence electrons. The fourth-order valence-corrected chi connectivity index (χ4v) is 4.47. The number of fused-ring (bicyclic) bond motifs is 1. The molecule has 0 unspecified atom stereocenters. The Hall–Kier alpha value is -2.11. The Morgan fingerprint density at radius 2 is 2.19 bits per heavy atom. The van der Waals surface area contributed by atoms with Crippen LogP contribution in [0.3, 0.4) is 0 Å². The van der Waals surface area contributed by atoms with Crippen molar-refractivity contribution in [3.05, 3.63) is 57.5 Å². The van der Waals surface area contributed by atoms with Crippen LogP contribution < -0.4 is 4.74 Å². The zero-order chi connectivity index (χ0) is 17.9. The molecule has 4 rings (SSSR count). The van der Waals surface area contributed by atoms with Crippen LogP contribution >= 0.6 is 11.3 Å². The van der Waals surface area contributed by atoms with E-state index in [1.807, 2.05) is 17.4 Å². The summed E-state index contributed by atoms with van der Waals surface area (Å²) in [6.07, 6.45) is 3.30. The van der Waals surface area contributed by atoms with Crippen LogP contribution in [0.5, 0.6) is 5.75 Å². The number of aromatic nitrogens is 1. The van der Waals surface area contributed by atoms with E-state index in [1.165, 1.54) is 16.0 Å². The Morgan fingerprint density at radius 1 is 1.27 bits per heavy atom. The summed E-state index contributed by atoms with van der Waals surface area (Å²) < 4.78 is 11.2. The molecule has 0 N–H and O–H groups in total. The van der Waals surface area contributed by atoms with Crippen molar-refractivity contribution in [2.45, 2.75) is 39.3 Å². The molecule has 1 aliphatic rings. The number of methoxy groups -OCH3 is 1. The largest absolute Gasteiger partial charge is 0.496 e. The first kappa shape index (κ1) is 17.3. The maximum Gasteiger partial charge on any atom is 0.151 e. The SMILES string of the molecule is CCCc1ccc(OC)c(-c2cc(CN3CCc4sccc4C3)on2)c1. The van der Waals surface area contributed by atoms with Crippen LogP contribution in [0, 0.1) is 0 Å². The molecule has 3 aromatic rings. The fraction of sp³-hybridized carbons (Fsp3) is 0.381. The molecule has 4 nitrogen and oxygen atoms in total. The van der Waals surface area contributed by atoms with Crippen LogP contribution in [0.4, 0.5) is 0 Å². The van der Waals surface area contributed by atoms with Gasteiger partial charge in [0.1, 0.15) is 11.4 Å². The average molecular weight is 369 g/mol. The maximum absolute atomic E-state index is 5.65. The van der Waals surface area contributed by atoms with Crippen LogP contribution in [0.2, 0.25) is 0 Å². The molecular formula is C21H24N2O2S. The summed E-state index contributed by atoms with van der Waals surface area (Å²) in [5.41, 5.74) is 4.61. The summed E-state index contributed by atoms with van der Waals surface area (Å²) in [4.78, 5) is 3.95. The van der Waals surface area contributed by atoms with E-state index in [2.05, 4.69) is 46.6 Å². The van der Waals surface area contributed by atoms with E-state index in [4.69, 9.17) is 9.26 Å². The zero-order valence-corrected chi connectivity index (χ0v) is 16.1. The Balaban J connectivity index is 1.52. The molecule has 0 saturated heterocycles. The van der Waals surface area contributed by atoms with E-state index in [1.54, 1.807) is 7.11 Å². The summed E-state index contributed by atoms with van der Waals surface area (Å²) in [7, 11) is 1.70. The highest BCUT2D eigenvalue weighted by molar-refractivity contribution is 7.10. The zero-order valence-electron chi connectivity index (χ0n) is 15.3. The van der Waals surface area contributed by atoms with E-state index in [-0.39, 0.29) is 0 Å². The fourth-order valence-electron chi connectivity index (χ4n) is 3.58. The molecule has 0 atom stereocenters. The molecule has 26 heavy (non-hydrogen) atoms. The van der Waals surface area contributed by atoms with Crippen molar-refractivity contribution < 1.29 is 9.26 Å². The number of thiophene rings is 1. The van der Waals surface area contributed by atoms with Crippen molar-refractivity contribution in [2.75, 3.05) is 13.7 Å². The number of benzene rings is 1. The number of ether oxygens (including phenoxy) is 1. The van der Waals surface area contributed by atoms with Gasteiger partial charge in [-0.3, -0.25) is 4.90 Å². The topological polar surface area (TPSA) is 38.5 Å². The Bertz CT molecular complexity index is 884. The molecule has 0 aliphatic carbocycles. The minimum absolute atomic E-state index is 0.791. The standard InChI is InChI=1S/C21H24N2O2S/c1-3-4-15-5-6-20(24-2)18(11-15)19-12-17(25-22-19)14-23-9-7-21-16(13-23)8-10-26-21/h5-6,8,10-12H,3-4,7,9,13-14H2,1-2H3. The molecule has 2 aromatic heterocycles. The lowest BCUT2D eigenvalue weighted by atomic mass is 10.0. The van der Waals surface area contributed by atoms with Crippen LogP contribution in [0.15, 0.2) is 40.2 Å². The molecule has 0 radical (unpaired) electrons. The summed E-state index contributed by atoms with van der Waals surface area (Å²) in [6, 6.07) is 10.6. The smallest absolute Gasteiger partial charge is 0.151 e. The van der Waals surface area contributed by atoms with Crippen molar-refractivity contribution >= 4 is 11.3 Å². The minimum Gasteiger partial charge on any atom is -0.496 e. The summed E-state index contributed by atoms with van der Waals surface area (Å²) in [6.45, 7) is 5.04. The third kappa shape index (κ3) is 3.55. The van der Waals surface area contributed by atoms with E-state index < -0.39 is 0 Å². The van der Waals surface area contributed by atoms with Gasteiger partial charge in [-0.15, -0.1) is 11.3 Å². The summed E-state index contributed by atoms with van der Waals surface area (Å²) in [5, 5.41) is 6.51. The van der Waals surface area contributed by atoms with Gasteiger partial charge in [-0.2, -0.15) is 0 Å². The molecule has 1 aliphatic heterocycles. The van der Waals surface area contributed by atoms with E-state index in [0.717, 1.165) is 61.7 Å². The Kier molecular flexibility index (Phi) is 5.09. The third-order valence-corrected chi connectivity index (χ3v) is 5.93. The average Bonchev–Trinajstić information content (AvgIpc) is 3.31. The second kappa shape index (κ2) is 7.64. The van der Waals surface area contributed by atoms with Gasteiger partial charge in [0.25, 0.3) is 0 Å². The monoisotopic (exact) mass is 368 g/mol. The van der Waals surface area contributed by atoms with Gasteiger partial charge in [0.05, 0.1) is 13.7 Å². The minimum atomic E-state index is 0.791. The van der Waals surface area contributed by atoms with Gasteiger partial charge in [-0.05, 0) is 47.5 Å². The highest BCUT2D eigenvalue weighted by Crippen LogP contribution is 2.32.